The molecule has 248 valence electrons. The van der Waals surface area contributed by atoms with E-state index in [9.17, 15) is 19.2 Å². The van der Waals surface area contributed by atoms with Crippen LogP contribution >= 0.6 is 11.6 Å². The second-order valence-corrected chi connectivity index (χ2v) is 12.7. The maximum atomic E-state index is 13.5. The molecule has 2 fully saturated rings. The molecule has 0 bridgehead atoms. The van der Waals surface area contributed by atoms with E-state index in [2.05, 4.69) is 63.1 Å². The van der Waals surface area contributed by atoms with E-state index >= 15 is 0 Å². The van der Waals surface area contributed by atoms with Gasteiger partial charge in [0.1, 0.15) is 5.69 Å². The van der Waals surface area contributed by atoms with Crippen molar-refractivity contribution < 1.29 is 19.2 Å². The molecule has 2 aromatic heterocycles. The molecular formula is C35H42ClN7O4. The molecule has 2 aliphatic rings. The minimum Gasteiger partial charge on any atom is -0.361 e. The number of benzene rings is 2. The van der Waals surface area contributed by atoms with Gasteiger partial charge in [0.05, 0.1) is 18.9 Å². The number of piperidine rings is 1. The Hall–Kier alpha value is -4.64. The Morgan fingerprint density at radius 1 is 1.00 bits per heavy atom. The summed E-state index contributed by atoms with van der Waals surface area (Å²) in [5, 5.41) is 13.6. The number of H-pyrrole nitrogens is 2. The number of aromatic amines is 2. The molecule has 3 unspecified atom stereocenters. The fraction of sp³-hybridized carbons (Fsp3) is 0.400. The first-order chi connectivity index (χ1) is 22.7. The molecular weight excluding hydrogens is 618 g/mol. The molecule has 0 spiro atoms. The van der Waals surface area contributed by atoms with Crippen molar-refractivity contribution in [2.24, 2.45) is 17.8 Å². The molecule has 47 heavy (non-hydrogen) atoms. The number of hydrogen-bond acceptors (Lipinski definition) is 5. The number of nitrogens with zero attached hydrogens (tertiary/aromatic N) is 3. The van der Waals surface area contributed by atoms with Gasteiger partial charge < -0.3 is 25.4 Å². The van der Waals surface area contributed by atoms with Crippen LogP contribution in [0.1, 0.15) is 40.7 Å². The Balaban J connectivity index is 0.000000417. The summed E-state index contributed by atoms with van der Waals surface area (Å²) in [5.74, 6) is -1.68. The molecule has 4 heterocycles. The summed E-state index contributed by atoms with van der Waals surface area (Å²) in [4.78, 5) is 58.1. The molecule has 11 nitrogen and oxygen atoms in total. The van der Waals surface area contributed by atoms with Gasteiger partial charge in [0.2, 0.25) is 17.7 Å². The van der Waals surface area contributed by atoms with Crippen LogP contribution in [-0.2, 0) is 27.2 Å². The molecule has 12 heteroatoms. The van der Waals surface area contributed by atoms with Crippen molar-refractivity contribution in [2.75, 3.05) is 39.8 Å². The van der Waals surface area contributed by atoms with Crippen molar-refractivity contribution in [1.82, 2.24) is 35.6 Å². The normalized spacial score (nSPS) is 18.7. The SMILES string of the molecule is CCCc1ccccc1.CNC(=O)CNC(=O)C1CN(C(=O)Cc2c[nH]c3cc(Cl)ccc23)CC2CN(C(=O)c3cc(C)[nH]n3)CC21. The van der Waals surface area contributed by atoms with Crippen LogP contribution in [0.4, 0.5) is 0 Å². The zero-order valence-electron chi connectivity index (χ0n) is 27.0. The second kappa shape index (κ2) is 15.3. The van der Waals surface area contributed by atoms with Crippen molar-refractivity contribution >= 4 is 46.1 Å². The first-order valence-corrected chi connectivity index (χ1v) is 16.4. The summed E-state index contributed by atoms with van der Waals surface area (Å²) in [6.07, 6.45) is 4.42. The van der Waals surface area contributed by atoms with Crippen molar-refractivity contribution in [3.05, 3.63) is 88.3 Å². The fourth-order valence-corrected chi connectivity index (χ4v) is 6.68. The quantitative estimate of drug-likeness (QED) is 0.228. The van der Waals surface area contributed by atoms with Crippen molar-refractivity contribution in [2.45, 2.75) is 33.1 Å². The highest BCUT2D eigenvalue weighted by Crippen LogP contribution is 2.36. The summed E-state index contributed by atoms with van der Waals surface area (Å²) in [6, 6.07) is 17.8. The fourth-order valence-electron chi connectivity index (χ4n) is 6.51. The van der Waals surface area contributed by atoms with Gasteiger partial charge in [-0.1, -0.05) is 61.3 Å². The zero-order valence-corrected chi connectivity index (χ0v) is 27.8. The molecule has 0 saturated carbocycles. The Morgan fingerprint density at radius 3 is 2.47 bits per heavy atom. The number of aryl methyl sites for hydroxylation is 2. The number of likely N-dealkylation sites (N-methyl/N-ethyl adjacent to an activating group) is 1. The van der Waals surface area contributed by atoms with Crippen molar-refractivity contribution in [3.63, 3.8) is 0 Å². The van der Waals surface area contributed by atoms with Crippen molar-refractivity contribution in [1.29, 1.82) is 0 Å². The molecule has 2 aromatic carbocycles. The number of halogens is 1. The number of carbonyl (C=O) groups is 4. The molecule has 0 aliphatic carbocycles. The van der Waals surface area contributed by atoms with Crippen LogP contribution in [0.5, 0.6) is 0 Å². The Kier molecular flexibility index (Phi) is 11.0. The molecule has 2 saturated heterocycles. The number of likely N-dealkylation sites (tertiary alicyclic amines) is 2. The molecule has 3 atom stereocenters. The third kappa shape index (κ3) is 8.21. The maximum absolute atomic E-state index is 13.5. The van der Waals surface area contributed by atoms with Crippen LogP contribution in [0, 0.1) is 24.7 Å². The minimum absolute atomic E-state index is 0.0748. The summed E-state index contributed by atoms with van der Waals surface area (Å²) in [6.45, 7) is 5.35. The second-order valence-electron chi connectivity index (χ2n) is 12.3. The largest absolute Gasteiger partial charge is 0.361 e. The first-order valence-electron chi connectivity index (χ1n) is 16.0. The van der Waals surface area contributed by atoms with E-state index in [1.54, 1.807) is 28.1 Å². The Morgan fingerprint density at radius 2 is 1.77 bits per heavy atom. The molecule has 6 rings (SSSR count). The number of fused-ring (bicyclic) bond motifs is 2. The highest BCUT2D eigenvalue weighted by atomic mass is 35.5. The lowest BCUT2D eigenvalue weighted by Crippen LogP contribution is -2.54. The lowest BCUT2D eigenvalue weighted by Gasteiger charge is -2.39. The van der Waals surface area contributed by atoms with E-state index in [0.29, 0.717) is 30.4 Å². The lowest BCUT2D eigenvalue weighted by molar-refractivity contribution is -0.139. The van der Waals surface area contributed by atoms with E-state index < -0.39 is 5.92 Å². The predicted molar refractivity (Wildman–Crippen MR) is 181 cm³/mol. The number of amides is 4. The topological polar surface area (TPSA) is 143 Å². The standard InChI is InChI=1S/C26H30ClN7O4.C9H12/c1-14-5-22(32-31-14)26(38)34-11-16-10-33(13-20(19(16)12-34)25(37)30-9-23(35)28-2)24(36)6-15-8-29-21-7-17(27)3-4-18(15)21;1-2-6-9-7-4-3-5-8-9/h3-5,7-8,16,19-20,29H,6,9-13H2,1-2H3,(H,28,35)(H,30,37)(H,31,32);3-5,7-8H,2,6H2,1H3. The zero-order chi connectivity index (χ0) is 33.5. The van der Waals surface area contributed by atoms with Gasteiger partial charge in [0, 0.05) is 61.0 Å². The molecule has 4 aromatic rings. The number of hydrogen-bond donors (Lipinski definition) is 4. The first kappa shape index (κ1) is 33.7. The van der Waals surface area contributed by atoms with Crippen molar-refractivity contribution in [3.8, 4) is 0 Å². The third-order valence-corrected chi connectivity index (χ3v) is 9.17. The number of carbonyl (C=O) groups excluding carboxylic acids is 4. The van der Waals surface area contributed by atoms with Gasteiger partial charge in [0.25, 0.3) is 5.91 Å². The average molecular weight is 660 g/mol. The average Bonchev–Trinajstić information content (AvgIpc) is 3.81. The summed E-state index contributed by atoms with van der Waals surface area (Å²) in [5.41, 5.74) is 4.26. The van der Waals surface area contributed by atoms with E-state index in [1.807, 2.05) is 19.1 Å². The Labute approximate surface area is 279 Å². The van der Waals surface area contributed by atoms with Gasteiger partial charge in [-0.25, -0.2) is 0 Å². The van der Waals surface area contributed by atoms with Crippen LogP contribution < -0.4 is 10.6 Å². The van der Waals surface area contributed by atoms with Gasteiger partial charge in [-0.15, -0.1) is 0 Å². The number of aromatic nitrogens is 3. The molecule has 4 N–H and O–H groups in total. The van der Waals surface area contributed by atoms with Crippen LogP contribution in [0.2, 0.25) is 5.02 Å². The lowest BCUT2D eigenvalue weighted by atomic mass is 9.79. The smallest absolute Gasteiger partial charge is 0.274 e. The molecule has 2 aliphatic heterocycles. The summed E-state index contributed by atoms with van der Waals surface area (Å²) >= 11 is 6.09. The summed E-state index contributed by atoms with van der Waals surface area (Å²) in [7, 11) is 1.50. The van der Waals surface area contributed by atoms with Crippen LogP contribution in [0.25, 0.3) is 10.9 Å². The van der Waals surface area contributed by atoms with Crippen LogP contribution in [0.3, 0.4) is 0 Å². The van der Waals surface area contributed by atoms with Crippen LogP contribution in [0.15, 0.2) is 60.8 Å². The van der Waals surface area contributed by atoms with E-state index in [4.69, 9.17) is 11.6 Å². The van der Waals surface area contributed by atoms with Gasteiger partial charge in [-0.3, -0.25) is 24.3 Å². The highest BCUT2D eigenvalue weighted by Gasteiger charge is 2.48. The monoisotopic (exact) mass is 659 g/mol. The summed E-state index contributed by atoms with van der Waals surface area (Å²) < 4.78 is 0. The maximum Gasteiger partial charge on any atom is 0.274 e. The van der Waals surface area contributed by atoms with Gasteiger partial charge in [0.15, 0.2) is 0 Å². The molecule has 0 radical (unpaired) electrons. The minimum atomic E-state index is -0.553. The van der Waals surface area contributed by atoms with E-state index in [0.717, 1.165) is 22.2 Å². The molecule has 4 amide bonds. The highest BCUT2D eigenvalue weighted by molar-refractivity contribution is 6.31. The Bertz CT molecular complexity index is 1720. The van der Waals surface area contributed by atoms with E-state index in [-0.39, 0.29) is 55.0 Å². The van der Waals surface area contributed by atoms with Gasteiger partial charge in [-0.2, -0.15) is 5.10 Å². The van der Waals surface area contributed by atoms with Crippen LogP contribution in [-0.4, -0.2) is 88.4 Å². The van der Waals surface area contributed by atoms with Gasteiger partial charge in [-0.05, 0) is 54.5 Å². The third-order valence-electron chi connectivity index (χ3n) is 8.94. The van der Waals surface area contributed by atoms with E-state index in [1.165, 1.54) is 25.5 Å². The van der Waals surface area contributed by atoms with Gasteiger partial charge >= 0.3 is 0 Å². The number of nitrogens with one attached hydrogen (secondary N) is 4. The number of rotatable bonds is 8. The predicted octanol–water partition coefficient (Wildman–Crippen LogP) is 3.74.